The summed E-state index contributed by atoms with van der Waals surface area (Å²) in [5.74, 6) is -0.618. The highest BCUT2D eigenvalue weighted by Gasteiger charge is 2.33. The molecule has 1 heterocycles. The summed E-state index contributed by atoms with van der Waals surface area (Å²) in [6, 6.07) is 7.30. The first-order valence-corrected chi connectivity index (χ1v) is 9.36. The molecule has 0 aliphatic heterocycles. The van der Waals surface area contributed by atoms with Crippen LogP contribution >= 0.6 is 11.8 Å². The van der Waals surface area contributed by atoms with Crippen LogP contribution in [0.4, 0.5) is 23.2 Å². The van der Waals surface area contributed by atoms with E-state index in [1.165, 1.54) is 35.8 Å². The monoisotopic (exact) mass is 455 g/mol. The number of hydrogen-bond donors (Lipinski definition) is 1. The maximum absolute atomic E-state index is 13.3. The molecule has 31 heavy (non-hydrogen) atoms. The van der Waals surface area contributed by atoms with Crippen LogP contribution in [0.3, 0.4) is 0 Å². The Hall–Kier alpha value is -3.48. The van der Waals surface area contributed by atoms with Gasteiger partial charge in [0.25, 0.3) is 5.69 Å². The second-order valence-corrected chi connectivity index (χ2v) is 7.17. The molecular formula is C18H13F4N5O3S. The Morgan fingerprint density at radius 3 is 2.45 bits per heavy atom. The van der Waals surface area contributed by atoms with Crippen LogP contribution in [0.25, 0.3) is 5.69 Å². The van der Waals surface area contributed by atoms with Crippen molar-refractivity contribution in [3.8, 4) is 5.69 Å². The lowest BCUT2D eigenvalue weighted by molar-refractivity contribution is -0.388. The number of carbonyl (C=O) groups excluding carboxylic acids is 1. The number of aromatic nitrogens is 3. The zero-order valence-electron chi connectivity index (χ0n) is 15.7. The number of rotatable bonds is 6. The summed E-state index contributed by atoms with van der Waals surface area (Å²) < 4.78 is 53.6. The van der Waals surface area contributed by atoms with E-state index in [2.05, 4.69) is 15.5 Å². The van der Waals surface area contributed by atoms with Crippen molar-refractivity contribution in [1.82, 2.24) is 20.1 Å². The summed E-state index contributed by atoms with van der Waals surface area (Å²) in [6.45, 7) is 1.25. The molecule has 0 fully saturated rings. The van der Waals surface area contributed by atoms with Crippen molar-refractivity contribution in [2.24, 2.45) is 0 Å². The molecule has 0 atom stereocenters. The van der Waals surface area contributed by atoms with E-state index >= 15 is 0 Å². The third kappa shape index (κ3) is 5.17. The number of halogens is 4. The topological polar surface area (TPSA) is 103 Å². The highest BCUT2D eigenvalue weighted by Crippen LogP contribution is 2.39. The molecule has 8 nitrogen and oxygen atoms in total. The van der Waals surface area contributed by atoms with Gasteiger partial charge in [-0.05, 0) is 48.2 Å². The van der Waals surface area contributed by atoms with Crippen molar-refractivity contribution in [1.29, 1.82) is 0 Å². The van der Waals surface area contributed by atoms with Gasteiger partial charge < -0.3 is 5.32 Å². The first kappa shape index (κ1) is 22.2. The van der Waals surface area contributed by atoms with Gasteiger partial charge in [-0.15, -0.1) is 10.2 Å². The highest BCUT2D eigenvalue weighted by molar-refractivity contribution is 7.99. The number of hydrogen-bond acceptors (Lipinski definition) is 6. The van der Waals surface area contributed by atoms with Crippen LogP contribution in [0.2, 0.25) is 0 Å². The Kier molecular flexibility index (Phi) is 6.24. The highest BCUT2D eigenvalue weighted by atomic mass is 32.2. The van der Waals surface area contributed by atoms with Crippen molar-refractivity contribution in [3.63, 3.8) is 0 Å². The zero-order valence-corrected chi connectivity index (χ0v) is 16.5. The number of nitro groups is 1. The maximum Gasteiger partial charge on any atom is 0.416 e. The van der Waals surface area contributed by atoms with Gasteiger partial charge in [0, 0.05) is 18.7 Å². The number of benzene rings is 2. The maximum atomic E-state index is 13.3. The van der Waals surface area contributed by atoms with Crippen molar-refractivity contribution in [2.45, 2.75) is 29.7 Å². The number of alkyl halides is 3. The summed E-state index contributed by atoms with van der Waals surface area (Å²) in [7, 11) is 0. The predicted octanol–water partition coefficient (Wildman–Crippen LogP) is 4.12. The quantitative estimate of drug-likeness (QED) is 0.341. The lowest BCUT2D eigenvalue weighted by atomic mass is 10.2. The molecule has 13 heteroatoms. The lowest BCUT2D eigenvalue weighted by Crippen LogP contribution is -2.21. The summed E-state index contributed by atoms with van der Waals surface area (Å²) >= 11 is 0.717. The van der Waals surface area contributed by atoms with Crippen LogP contribution in [-0.2, 0) is 17.5 Å². The second-order valence-electron chi connectivity index (χ2n) is 6.16. The average Bonchev–Trinajstić information content (AvgIpc) is 3.08. The van der Waals surface area contributed by atoms with Crippen molar-refractivity contribution >= 4 is 23.4 Å². The van der Waals surface area contributed by atoms with Gasteiger partial charge >= 0.3 is 6.18 Å². The molecule has 3 aromatic rings. The Balaban J connectivity index is 2.06. The van der Waals surface area contributed by atoms with Crippen molar-refractivity contribution < 1.29 is 27.3 Å². The first-order chi connectivity index (χ1) is 14.6. The average molecular weight is 455 g/mol. The van der Waals surface area contributed by atoms with Gasteiger partial charge in [0.15, 0.2) is 5.82 Å². The summed E-state index contributed by atoms with van der Waals surface area (Å²) in [6.07, 6.45) is -4.74. The normalized spacial score (nSPS) is 11.4. The number of nitrogens with one attached hydrogen (secondary N) is 1. The SMILES string of the molecule is CC(=O)NCc1nnc(Sc2ccc(C(F)(F)F)cc2[N+](=O)[O-])n1-c1ccc(F)cc1. The summed E-state index contributed by atoms with van der Waals surface area (Å²) in [4.78, 5) is 21.6. The third-order valence-corrected chi connectivity index (χ3v) is 4.98. The molecule has 1 N–H and O–H groups in total. The van der Waals surface area contributed by atoms with E-state index in [4.69, 9.17) is 0 Å². The Morgan fingerprint density at radius 2 is 1.87 bits per heavy atom. The minimum absolute atomic E-state index is 0.0463. The molecule has 0 aliphatic carbocycles. The van der Waals surface area contributed by atoms with Crippen molar-refractivity contribution in [2.75, 3.05) is 0 Å². The standard InChI is InChI=1S/C18H13F4N5O3S/c1-10(28)23-9-16-24-25-17(26(16)13-5-3-12(19)4-6-13)31-15-7-2-11(18(20,21)22)8-14(15)27(29)30/h2-8H,9H2,1H3,(H,23,28). The Bertz CT molecular complexity index is 1130. The van der Waals surface area contributed by atoms with Crippen LogP contribution in [0, 0.1) is 15.9 Å². The van der Waals surface area contributed by atoms with Gasteiger partial charge in [0.05, 0.1) is 21.9 Å². The number of amides is 1. The molecule has 0 unspecified atom stereocenters. The largest absolute Gasteiger partial charge is 0.416 e. The molecule has 0 aliphatic rings. The Morgan fingerprint density at radius 1 is 1.19 bits per heavy atom. The zero-order chi connectivity index (χ0) is 22.8. The molecule has 1 aromatic heterocycles. The molecule has 0 saturated carbocycles. The number of nitrogens with zero attached hydrogens (tertiary/aromatic N) is 4. The van der Waals surface area contributed by atoms with Gasteiger partial charge in [-0.2, -0.15) is 13.2 Å². The molecule has 1 amide bonds. The van der Waals surface area contributed by atoms with Crippen molar-refractivity contribution in [3.05, 3.63) is 69.8 Å². The fourth-order valence-electron chi connectivity index (χ4n) is 2.55. The molecule has 0 bridgehead atoms. The van der Waals surface area contributed by atoms with E-state index in [-0.39, 0.29) is 28.3 Å². The van der Waals surface area contributed by atoms with Gasteiger partial charge in [-0.25, -0.2) is 4.39 Å². The van der Waals surface area contributed by atoms with Crippen LogP contribution < -0.4 is 5.32 Å². The molecule has 0 radical (unpaired) electrons. The Labute approximate surface area is 176 Å². The van der Waals surface area contributed by atoms with Crippen LogP contribution in [0.15, 0.2) is 52.5 Å². The second kappa shape index (κ2) is 8.71. The van der Waals surface area contributed by atoms with Gasteiger partial charge in [-0.1, -0.05) is 0 Å². The van der Waals surface area contributed by atoms with Gasteiger partial charge in [-0.3, -0.25) is 19.5 Å². The van der Waals surface area contributed by atoms with E-state index in [0.29, 0.717) is 23.5 Å². The first-order valence-electron chi connectivity index (χ1n) is 8.54. The van der Waals surface area contributed by atoms with Crippen LogP contribution in [0.1, 0.15) is 18.3 Å². The minimum Gasteiger partial charge on any atom is -0.349 e. The number of carbonyl (C=O) groups is 1. The van der Waals surface area contributed by atoms with Gasteiger partial charge in [0.2, 0.25) is 11.1 Å². The van der Waals surface area contributed by atoms with Crippen LogP contribution in [0.5, 0.6) is 0 Å². The lowest BCUT2D eigenvalue weighted by Gasteiger charge is -2.11. The molecule has 3 rings (SSSR count). The van der Waals surface area contributed by atoms with Gasteiger partial charge in [0.1, 0.15) is 5.82 Å². The third-order valence-electron chi connectivity index (χ3n) is 3.96. The molecule has 2 aromatic carbocycles. The fourth-order valence-corrected chi connectivity index (χ4v) is 3.51. The van der Waals surface area contributed by atoms with E-state index in [0.717, 1.165) is 12.1 Å². The summed E-state index contributed by atoms with van der Waals surface area (Å²) in [5, 5.41) is 21.9. The smallest absolute Gasteiger partial charge is 0.349 e. The molecule has 0 spiro atoms. The van der Waals surface area contributed by atoms with E-state index in [1.54, 1.807) is 0 Å². The van der Waals surface area contributed by atoms with E-state index in [9.17, 15) is 32.5 Å². The summed E-state index contributed by atoms with van der Waals surface area (Å²) in [5.41, 5.74) is -1.52. The van der Waals surface area contributed by atoms with Crippen LogP contribution in [-0.4, -0.2) is 25.6 Å². The molecular weight excluding hydrogens is 442 g/mol. The van der Waals surface area contributed by atoms with E-state index < -0.39 is 28.2 Å². The number of nitro benzene ring substituents is 1. The van der Waals surface area contributed by atoms with E-state index in [1.807, 2.05) is 0 Å². The predicted molar refractivity (Wildman–Crippen MR) is 101 cm³/mol. The molecule has 162 valence electrons. The minimum atomic E-state index is -4.74. The molecule has 0 saturated heterocycles. The fraction of sp³-hybridized carbons (Fsp3) is 0.167.